The normalized spacial score (nSPS) is 10.1. The molecule has 5 heteroatoms. The van der Waals surface area contributed by atoms with E-state index in [0.29, 0.717) is 24.5 Å². The Morgan fingerprint density at radius 1 is 1.00 bits per heavy atom. The van der Waals surface area contributed by atoms with Gasteiger partial charge < -0.3 is 14.8 Å². The minimum absolute atomic E-state index is 0.269. The van der Waals surface area contributed by atoms with Crippen LogP contribution < -0.4 is 10.1 Å². The van der Waals surface area contributed by atoms with Crippen LogP contribution in [0.1, 0.15) is 35.7 Å². The van der Waals surface area contributed by atoms with Crippen molar-refractivity contribution >= 4 is 11.9 Å². The minimum atomic E-state index is -0.528. The van der Waals surface area contributed by atoms with Gasteiger partial charge in [-0.3, -0.25) is 4.79 Å². The Kier molecular flexibility index (Phi) is 7.50. The summed E-state index contributed by atoms with van der Waals surface area (Å²) in [5.41, 5.74) is 1.45. The molecule has 0 aliphatic carbocycles. The second kappa shape index (κ2) is 10.1. The Morgan fingerprint density at radius 3 is 2.40 bits per heavy atom. The summed E-state index contributed by atoms with van der Waals surface area (Å²) in [7, 11) is 0. The first-order valence-corrected chi connectivity index (χ1v) is 8.39. The largest absolute Gasteiger partial charge is 0.489 e. The van der Waals surface area contributed by atoms with Crippen molar-refractivity contribution in [3.05, 3.63) is 65.7 Å². The van der Waals surface area contributed by atoms with Gasteiger partial charge in [-0.1, -0.05) is 43.7 Å². The van der Waals surface area contributed by atoms with E-state index >= 15 is 0 Å². The molecule has 0 unspecified atom stereocenters. The van der Waals surface area contributed by atoms with Gasteiger partial charge in [0.1, 0.15) is 12.4 Å². The first-order chi connectivity index (χ1) is 12.2. The fraction of sp³-hybridized carbons (Fsp3) is 0.300. The summed E-state index contributed by atoms with van der Waals surface area (Å²) in [4.78, 5) is 23.4. The molecule has 0 spiro atoms. The smallest absolute Gasteiger partial charge is 0.338 e. The molecule has 1 amide bonds. The molecule has 0 bridgehead atoms. The first-order valence-electron chi connectivity index (χ1n) is 8.39. The fourth-order valence-corrected chi connectivity index (χ4v) is 2.10. The molecule has 2 aromatic rings. The molecule has 0 atom stereocenters. The van der Waals surface area contributed by atoms with Crippen molar-refractivity contribution in [2.75, 3.05) is 13.2 Å². The van der Waals surface area contributed by atoms with E-state index < -0.39 is 5.97 Å². The van der Waals surface area contributed by atoms with Gasteiger partial charge in [0.2, 0.25) is 0 Å². The number of unbranched alkanes of at least 4 members (excludes halogenated alkanes) is 1. The van der Waals surface area contributed by atoms with Gasteiger partial charge in [0.05, 0.1) is 5.56 Å². The number of hydrogen-bond acceptors (Lipinski definition) is 4. The SMILES string of the molecule is CCCCNC(=O)COC(=O)c1ccc(OCc2ccccc2)cc1. The highest BCUT2D eigenvalue weighted by Crippen LogP contribution is 2.15. The van der Waals surface area contributed by atoms with Crippen molar-refractivity contribution in [3.63, 3.8) is 0 Å². The van der Waals surface area contributed by atoms with Crippen LogP contribution in [0.4, 0.5) is 0 Å². The van der Waals surface area contributed by atoms with E-state index in [9.17, 15) is 9.59 Å². The average molecular weight is 341 g/mol. The van der Waals surface area contributed by atoms with Gasteiger partial charge in [-0.05, 0) is 36.2 Å². The maximum Gasteiger partial charge on any atom is 0.338 e. The lowest BCUT2D eigenvalue weighted by Gasteiger charge is -2.08. The zero-order valence-corrected chi connectivity index (χ0v) is 14.4. The van der Waals surface area contributed by atoms with E-state index in [0.717, 1.165) is 18.4 Å². The molecule has 25 heavy (non-hydrogen) atoms. The molecule has 0 aliphatic rings. The molecular formula is C20H23NO4. The van der Waals surface area contributed by atoms with Crippen LogP contribution in [0, 0.1) is 0 Å². The van der Waals surface area contributed by atoms with Crippen molar-refractivity contribution < 1.29 is 19.1 Å². The predicted octanol–water partition coefficient (Wildman–Crippen LogP) is 3.34. The van der Waals surface area contributed by atoms with Gasteiger partial charge in [0, 0.05) is 6.54 Å². The predicted molar refractivity (Wildman–Crippen MR) is 95.4 cm³/mol. The van der Waals surface area contributed by atoms with Gasteiger partial charge in [-0.15, -0.1) is 0 Å². The lowest BCUT2D eigenvalue weighted by atomic mass is 10.2. The zero-order valence-electron chi connectivity index (χ0n) is 14.4. The number of hydrogen-bond donors (Lipinski definition) is 1. The van der Waals surface area contributed by atoms with Crippen LogP contribution in [0.25, 0.3) is 0 Å². The Morgan fingerprint density at radius 2 is 1.72 bits per heavy atom. The van der Waals surface area contributed by atoms with Crippen molar-refractivity contribution in [3.8, 4) is 5.75 Å². The van der Waals surface area contributed by atoms with E-state index in [2.05, 4.69) is 5.32 Å². The van der Waals surface area contributed by atoms with E-state index in [1.807, 2.05) is 37.3 Å². The third-order valence-corrected chi connectivity index (χ3v) is 3.53. The Balaban J connectivity index is 1.76. The van der Waals surface area contributed by atoms with Gasteiger partial charge in [-0.25, -0.2) is 4.79 Å². The Bertz CT molecular complexity index is 668. The summed E-state index contributed by atoms with van der Waals surface area (Å²) in [6.07, 6.45) is 1.91. The minimum Gasteiger partial charge on any atom is -0.489 e. The molecule has 0 fully saturated rings. The fourth-order valence-electron chi connectivity index (χ4n) is 2.10. The highest BCUT2D eigenvalue weighted by atomic mass is 16.5. The maximum atomic E-state index is 11.9. The van der Waals surface area contributed by atoms with Gasteiger partial charge in [0.25, 0.3) is 5.91 Å². The lowest BCUT2D eigenvalue weighted by Crippen LogP contribution is -2.29. The Hall–Kier alpha value is -2.82. The molecule has 2 rings (SSSR count). The summed E-state index contributed by atoms with van der Waals surface area (Å²) in [6, 6.07) is 16.5. The number of rotatable bonds is 9. The van der Waals surface area contributed by atoms with Gasteiger partial charge in [-0.2, -0.15) is 0 Å². The molecule has 0 aliphatic heterocycles. The van der Waals surface area contributed by atoms with E-state index in [4.69, 9.17) is 9.47 Å². The lowest BCUT2D eigenvalue weighted by molar-refractivity contribution is -0.124. The highest BCUT2D eigenvalue weighted by molar-refractivity contribution is 5.91. The van der Waals surface area contributed by atoms with Crippen LogP contribution in [0.2, 0.25) is 0 Å². The maximum absolute atomic E-state index is 11.9. The second-order valence-electron chi connectivity index (χ2n) is 5.58. The highest BCUT2D eigenvalue weighted by Gasteiger charge is 2.10. The number of carbonyl (C=O) groups is 2. The quantitative estimate of drug-likeness (QED) is 0.561. The Labute approximate surface area is 148 Å². The van der Waals surface area contributed by atoms with Crippen LogP contribution in [0.3, 0.4) is 0 Å². The number of ether oxygens (including phenoxy) is 2. The molecule has 0 aromatic heterocycles. The summed E-state index contributed by atoms with van der Waals surface area (Å²) < 4.78 is 10.7. The van der Waals surface area contributed by atoms with Crippen LogP contribution >= 0.6 is 0 Å². The van der Waals surface area contributed by atoms with Crippen molar-refractivity contribution in [1.29, 1.82) is 0 Å². The van der Waals surface area contributed by atoms with Crippen molar-refractivity contribution in [1.82, 2.24) is 5.32 Å². The zero-order chi connectivity index (χ0) is 17.9. The third-order valence-electron chi connectivity index (χ3n) is 3.53. The monoisotopic (exact) mass is 341 g/mol. The molecule has 1 N–H and O–H groups in total. The molecular weight excluding hydrogens is 318 g/mol. The summed E-state index contributed by atoms with van der Waals surface area (Å²) in [5, 5.41) is 2.70. The molecule has 0 saturated carbocycles. The van der Waals surface area contributed by atoms with Crippen LogP contribution in [-0.4, -0.2) is 25.0 Å². The number of esters is 1. The summed E-state index contributed by atoms with van der Waals surface area (Å²) >= 11 is 0. The summed E-state index contributed by atoms with van der Waals surface area (Å²) in [6.45, 7) is 2.83. The van der Waals surface area contributed by atoms with Crippen LogP contribution in [0.5, 0.6) is 5.75 Å². The molecule has 132 valence electrons. The van der Waals surface area contributed by atoms with Crippen molar-refractivity contribution in [2.45, 2.75) is 26.4 Å². The summed E-state index contributed by atoms with van der Waals surface area (Å²) in [5.74, 6) is -0.150. The standard InChI is InChI=1S/C20H23NO4/c1-2-3-13-21-19(22)15-25-20(23)17-9-11-18(12-10-17)24-14-16-7-5-4-6-8-16/h4-12H,2-3,13-15H2,1H3,(H,21,22). The number of carbonyl (C=O) groups excluding carboxylic acids is 2. The van der Waals surface area contributed by atoms with Gasteiger partial charge >= 0.3 is 5.97 Å². The van der Waals surface area contributed by atoms with E-state index in [-0.39, 0.29) is 12.5 Å². The number of amides is 1. The molecule has 5 nitrogen and oxygen atoms in total. The molecule has 0 heterocycles. The average Bonchev–Trinajstić information content (AvgIpc) is 2.66. The first kappa shape index (κ1) is 18.5. The van der Waals surface area contributed by atoms with E-state index in [1.165, 1.54) is 0 Å². The topological polar surface area (TPSA) is 64.6 Å². The molecule has 2 aromatic carbocycles. The van der Waals surface area contributed by atoms with Crippen molar-refractivity contribution in [2.24, 2.45) is 0 Å². The van der Waals surface area contributed by atoms with Crippen LogP contribution in [0.15, 0.2) is 54.6 Å². The number of nitrogens with one attached hydrogen (secondary N) is 1. The molecule has 0 radical (unpaired) electrons. The second-order valence-corrected chi connectivity index (χ2v) is 5.58. The number of benzene rings is 2. The van der Waals surface area contributed by atoms with Gasteiger partial charge in [0.15, 0.2) is 6.61 Å². The van der Waals surface area contributed by atoms with E-state index in [1.54, 1.807) is 24.3 Å². The molecule has 0 saturated heterocycles. The third kappa shape index (κ3) is 6.67. The van der Waals surface area contributed by atoms with Crippen LogP contribution in [-0.2, 0) is 16.1 Å².